The predicted molar refractivity (Wildman–Crippen MR) is 88.2 cm³/mol. The molecule has 0 bridgehead atoms. The third kappa shape index (κ3) is 5.65. The molecule has 0 unspecified atom stereocenters. The number of benzene rings is 1. The summed E-state index contributed by atoms with van der Waals surface area (Å²) in [5.41, 5.74) is 0.662. The lowest BCUT2D eigenvalue weighted by Crippen LogP contribution is -2.35. The minimum atomic E-state index is -3.47. The van der Waals surface area contributed by atoms with E-state index in [-0.39, 0.29) is 0 Å². The molecule has 0 fully saturated rings. The van der Waals surface area contributed by atoms with E-state index in [1.54, 1.807) is 18.2 Å². The summed E-state index contributed by atoms with van der Waals surface area (Å²) >= 11 is 0. The highest BCUT2D eigenvalue weighted by Crippen LogP contribution is 2.20. The highest BCUT2D eigenvalue weighted by Gasteiger charge is 2.17. The SMILES string of the molecule is CCCNc1ccccc1S(=O)(=O)NCCN(CC)CC. The largest absolute Gasteiger partial charge is 0.384 e. The number of hydrogen-bond donors (Lipinski definition) is 2. The Morgan fingerprint density at radius 1 is 1.05 bits per heavy atom. The van der Waals surface area contributed by atoms with Crippen molar-refractivity contribution in [2.75, 3.05) is 38.0 Å². The third-order valence-electron chi connectivity index (χ3n) is 3.36. The molecular formula is C15H27N3O2S. The number of likely N-dealkylation sites (N-methyl/N-ethyl adjacent to an activating group) is 1. The van der Waals surface area contributed by atoms with E-state index in [1.165, 1.54) is 0 Å². The lowest BCUT2D eigenvalue weighted by Gasteiger charge is -2.18. The Morgan fingerprint density at radius 3 is 2.33 bits per heavy atom. The molecule has 0 amide bonds. The summed E-state index contributed by atoms with van der Waals surface area (Å²) in [6, 6.07) is 7.02. The molecule has 0 aliphatic heterocycles. The molecular weight excluding hydrogens is 286 g/mol. The Morgan fingerprint density at radius 2 is 1.71 bits per heavy atom. The number of sulfonamides is 1. The first kappa shape index (κ1) is 17.9. The minimum Gasteiger partial charge on any atom is -0.384 e. The van der Waals surface area contributed by atoms with Gasteiger partial charge in [-0.25, -0.2) is 13.1 Å². The summed E-state index contributed by atoms with van der Waals surface area (Å²) < 4.78 is 27.5. The molecule has 0 radical (unpaired) electrons. The van der Waals surface area contributed by atoms with E-state index in [0.717, 1.165) is 32.6 Å². The van der Waals surface area contributed by atoms with Gasteiger partial charge in [-0.05, 0) is 31.6 Å². The standard InChI is InChI=1S/C15H27N3O2S/c1-4-11-16-14-9-7-8-10-15(14)21(19,20)17-12-13-18(5-2)6-3/h7-10,16-17H,4-6,11-13H2,1-3H3. The van der Waals surface area contributed by atoms with Crippen LogP contribution in [0.5, 0.6) is 0 Å². The molecule has 6 heteroatoms. The normalized spacial score (nSPS) is 11.8. The van der Waals surface area contributed by atoms with Gasteiger partial charge in [-0.15, -0.1) is 0 Å². The Kier molecular flexibility index (Phi) is 7.71. The maximum atomic E-state index is 12.4. The van der Waals surface area contributed by atoms with Gasteiger partial charge < -0.3 is 10.2 Å². The van der Waals surface area contributed by atoms with Crippen molar-refractivity contribution in [2.45, 2.75) is 32.1 Å². The summed E-state index contributed by atoms with van der Waals surface area (Å²) in [7, 11) is -3.47. The number of para-hydroxylation sites is 1. The Bertz CT molecular complexity index is 513. The quantitative estimate of drug-likeness (QED) is 0.695. The first-order chi connectivity index (χ1) is 10.0. The van der Waals surface area contributed by atoms with Gasteiger partial charge in [-0.2, -0.15) is 0 Å². The van der Waals surface area contributed by atoms with Crippen LogP contribution < -0.4 is 10.0 Å². The maximum Gasteiger partial charge on any atom is 0.242 e. The molecule has 0 heterocycles. The molecule has 21 heavy (non-hydrogen) atoms. The van der Waals surface area contributed by atoms with Gasteiger partial charge in [-0.1, -0.05) is 32.9 Å². The van der Waals surface area contributed by atoms with Crippen LogP contribution in [-0.2, 0) is 10.0 Å². The van der Waals surface area contributed by atoms with Crippen LogP contribution in [0.1, 0.15) is 27.2 Å². The van der Waals surface area contributed by atoms with Crippen LogP contribution in [0.15, 0.2) is 29.2 Å². The number of hydrogen-bond acceptors (Lipinski definition) is 4. The predicted octanol–water partition coefficient (Wildman–Crippen LogP) is 2.13. The van der Waals surface area contributed by atoms with E-state index in [9.17, 15) is 8.42 Å². The zero-order valence-corrected chi connectivity index (χ0v) is 14.0. The number of nitrogens with one attached hydrogen (secondary N) is 2. The minimum absolute atomic E-state index is 0.318. The van der Waals surface area contributed by atoms with Crippen LogP contribution in [0, 0.1) is 0 Å². The molecule has 0 spiro atoms. The molecule has 5 nitrogen and oxygen atoms in total. The van der Waals surface area contributed by atoms with Crippen molar-refractivity contribution in [2.24, 2.45) is 0 Å². The molecule has 2 N–H and O–H groups in total. The summed E-state index contributed by atoms with van der Waals surface area (Å²) in [5, 5.41) is 3.16. The van der Waals surface area contributed by atoms with Gasteiger partial charge in [0.15, 0.2) is 0 Å². The first-order valence-corrected chi connectivity index (χ1v) is 9.08. The average molecular weight is 313 g/mol. The molecule has 0 aliphatic rings. The topological polar surface area (TPSA) is 61.4 Å². The number of anilines is 1. The van der Waals surface area contributed by atoms with E-state index < -0.39 is 10.0 Å². The van der Waals surface area contributed by atoms with Crippen molar-refractivity contribution < 1.29 is 8.42 Å². The lowest BCUT2D eigenvalue weighted by atomic mass is 10.3. The molecule has 0 atom stereocenters. The van der Waals surface area contributed by atoms with Crippen LogP contribution >= 0.6 is 0 Å². The highest BCUT2D eigenvalue weighted by atomic mass is 32.2. The highest BCUT2D eigenvalue weighted by molar-refractivity contribution is 7.89. The average Bonchev–Trinajstić information content (AvgIpc) is 2.49. The van der Waals surface area contributed by atoms with Gasteiger partial charge in [-0.3, -0.25) is 0 Å². The molecule has 0 aliphatic carbocycles. The van der Waals surface area contributed by atoms with Gasteiger partial charge in [0.1, 0.15) is 4.90 Å². The summed E-state index contributed by atoms with van der Waals surface area (Å²) in [5.74, 6) is 0. The van der Waals surface area contributed by atoms with Gasteiger partial charge >= 0.3 is 0 Å². The van der Waals surface area contributed by atoms with Crippen molar-refractivity contribution >= 4 is 15.7 Å². The van der Waals surface area contributed by atoms with Crippen molar-refractivity contribution in [3.05, 3.63) is 24.3 Å². The second-order valence-corrected chi connectivity index (χ2v) is 6.58. The van der Waals surface area contributed by atoms with Gasteiger partial charge in [0.25, 0.3) is 0 Å². The van der Waals surface area contributed by atoms with E-state index in [4.69, 9.17) is 0 Å². The third-order valence-corrected chi connectivity index (χ3v) is 4.88. The van der Waals surface area contributed by atoms with E-state index in [0.29, 0.717) is 17.1 Å². The van der Waals surface area contributed by atoms with Crippen LogP contribution in [0.4, 0.5) is 5.69 Å². The number of rotatable bonds is 10. The van der Waals surface area contributed by atoms with Gasteiger partial charge in [0.2, 0.25) is 10.0 Å². The molecule has 120 valence electrons. The number of nitrogens with zero attached hydrogens (tertiary/aromatic N) is 1. The monoisotopic (exact) mass is 313 g/mol. The van der Waals surface area contributed by atoms with E-state index in [1.807, 2.05) is 13.0 Å². The van der Waals surface area contributed by atoms with Gasteiger partial charge in [0, 0.05) is 19.6 Å². The Hall–Kier alpha value is -1.11. The summed E-state index contributed by atoms with van der Waals surface area (Å²) in [4.78, 5) is 2.50. The van der Waals surface area contributed by atoms with Crippen LogP contribution in [0.3, 0.4) is 0 Å². The van der Waals surface area contributed by atoms with Crippen LogP contribution in [-0.4, -0.2) is 46.0 Å². The summed E-state index contributed by atoms with van der Waals surface area (Å²) in [6.07, 6.45) is 0.948. The smallest absolute Gasteiger partial charge is 0.242 e. The van der Waals surface area contributed by atoms with E-state index >= 15 is 0 Å². The van der Waals surface area contributed by atoms with Crippen molar-refractivity contribution in [3.63, 3.8) is 0 Å². The van der Waals surface area contributed by atoms with E-state index in [2.05, 4.69) is 28.8 Å². The fourth-order valence-electron chi connectivity index (χ4n) is 2.06. The molecule has 1 rings (SSSR count). The lowest BCUT2D eigenvalue weighted by molar-refractivity contribution is 0.309. The first-order valence-electron chi connectivity index (χ1n) is 7.60. The van der Waals surface area contributed by atoms with Crippen molar-refractivity contribution in [1.29, 1.82) is 0 Å². The zero-order valence-electron chi connectivity index (χ0n) is 13.2. The maximum absolute atomic E-state index is 12.4. The molecule has 0 saturated carbocycles. The molecule has 0 saturated heterocycles. The summed E-state index contributed by atoms with van der Waals surface area (Å²) in [6.45, 7) is 9.94. The zero-order chi connectivity index (χ0) is 15.7. The second-order valence-electron chi connectivity index (χ2n) is 4.85. The van der Waals surface area contributed by atoms with Crippen LogP contribution in [0.2, 0.25) is 0 Å². The van der Waals surface area contributed by atoms with Crippen molar-refractivity contribution in [1.82, 2.24) is 9.62 Å². The van der Waals surface area contributed by atoms with Gasteiger partial charge in [0.05, 0.1) is 5.69 Å². The fraction of sp³-hybridized carbons (Fsp3) is 0.600. The fourth-order valence-corrected chi connectivity index (χ4v) is 3.27. The molecule has 1 aromatic carbocycles. The Balaban J connectivity index is 2.74. The molecule has 0 aromatic heterocycles. The molecule has 1 aromatic rings. The second kappa shape index (κ2) is 9.02. The van der Waals surface area contributed by atoms with Crippen molar-refractivity contribution in [3.8, 4) is 0 Å². The Labute approximate surface area is 128 Å². The van der Waals surface area contributed by atoms with Crippen LogP contribution in [0.25, 0.3) is 0 Å².